The van der Waals surface area contributed by atoms with Crippen LogP contribution in [0.25, 0.3) is 11.1 Å². The maximum Gasteiger partial charge on any atom is 0.248 e. The van der Waals surface area contributed by atoms with Crippen LogP contribution in [0.4, 0.5) is 0 Å². The molecule has 2 heterocycles. The lowest BCUT2D eigenvalue weighted by Gasteiger charge is -2.34. The van der Waals surface area contributed by atoms with Gasteiger partial charge in [-0.05, 0) is 55.2 Å². The fraction of sp³-hybridized carbons (Fsp3) is 0.609. The number of nitrogens with two attached hydrogens (primary N) is 3. The van der Waals surface area contributed by atoms with Crippen molar-refractivity contribution in [1.29, 1.82) is 5.26 Å². The lowest BCUT2D eigenvalue weighted by molar-refractivity contribution is -0.147. The normalized spacial score (nSPS) is 20.0. The van der Waals surface area contributed by atoms with Crippen LogP contribution in [0.2, 0.25) is 0 Å². The number of ether oxygens (including phenoxy) is 2. The van der Waals surface area contributed by atoms with E-state index < -0.39 is 53.8 Å². The Bertz CT molecular complexity index is 1850. The molecule has 2 aromatic carbocycles. The summed E-state index contributed by atoms with van der Waals surface area (Å²) in [7, 11) is 1.50. The molecule has 16 heteroatoms. The molecule has 0 radical (unpaired) electrons. The fourth-order valence-electron chi connectivity index (χ4n) is 8.16. The first-order valence-corrected chi connectivity index (χ1v) is 22.4. The second-order valence-electron chi connectivity index (χ2n) is 16.4. The summed E-state index contributed by atoms with van der Waals surface area (Å²) in [6, 6.07) is 7.37. The van der Waals surface area contributed by atoms with Gasteiger partial charge in [-0.1, -0.05) is 83.3 Å². The van der Waals surface area contributed by atoms with Crippen molar-refractivity contribution >= 4 is 29.5 Å². The molecule has 9 N–H and O–H groups in total. The smallest absolute Gasteiger partial charge is 0.248 e. The fourth-order valence-corrected chi connectivity index (χ4v) is 8.16. The zero-order valence-corrected chi connectivity index (χ0v) is 36.9. The van der Waals surface area contributed by atoms with E-state index in [1.807, 2.05) is 6.07 Å². The van der Waals surface area contributed by atoms with Crippen molar-refractivity contribution in [2.24, 2.45) is 17.2 Å². The number of hydrogen-bond acceptors (Lipinski definition) is 11. The minimum atomic E-state index is -1.30. The molecule has 1 saturated heterocycles. The summed E-state index contributed by atoms with van der Waals surface area (Å²) in [5, 5.41) is 17.1. The molecule has 16 nitrogen and oxygen atoms in total. The predicted molar refractivity (Wildman–Crippen MR) is 238 cm³/mol. The topological polar surface area (TPSA) is 248 Å². The highest BCUT2D eigenvalue weighted by Crippen LogP contribution is 2.40. The molecular weight excluding hydrogens is 791 g/mol. The van der Waals surface area contributed by atoms with Gasteiger partial charge in [0.15, 0.2) is 0 Å². The predicted octanol–water partition coefficient (Wildman–Crippen LogP) is 3.34. The molecular formula is C46H69N9O7. The number of rotatable bonds is 22. The first-order chi connectivity index (χ1) is 29.9. The van der Waals surface area contributed by atoms with E-state index in [0.29, 0.717) is 46.6 Å². The summed E-state index contributed by atoms with van der Waals surface area (Å²) < 4.78 is 12.2. The van der Waals surface area contributed by atoms with Gasteiger partial charge in [-0.15, -0.1) is 0 Å². The molecule has 340 valence electrons. The Balaban J connectivity index is 1.66. The van der Waals surface area contributed by atoms with Gasteiger partial charge in [0, 0.05) is 56.7 Å². The van der Waals surface area contributed by atoms with Crippen molar-refractivity contribution < 1.29 is 33.4 Å². The lowest BCUT2D eigenvalue weighted by atomic mass is 9.93. The summed E-state index contributed by atoms with van der Waals surface area (Å²) in [5.74, 6) is -1.70. The molecule has 4 bridgehead atoms. The van der Waals surface area contributed by atoms with E-state index in [4.69, 9.17) is 31.9 Å². The van der Waals surface area contributed by atoms with Crippen molar-refractivity contribution in [2.45, 2.75) is 134 Å². The number of amides is 5. The monoisotopic (exact) mass is 860 g/mol. The number of carbonyl (C=O) groups excluding carboxylic acids is 5. The van der Waals surface area contributed by atoms with Gasteiger partial charge in [-0.3, -0.25) is 24.0 Å². The first kappa shape index (κ1) is 49.4. The third-order valence-corrected chi connectivity index (χ3v) is 11.5. The lowest BCUT2D eigenvalue weighted by Crippen LogP contribution is -2.55. The largest absolute Gasteiger partial charge is 0.492 e. The molecule has 2 aliphatic rings. The summed E-state index contributed by atoms with van der Waals surface area (Å²) in [6.07, 6.45) is 13.2. The average Bonchev–Trinajstić information content (AvgIpc) is 3.66. The number of nitrogens with one attached hydrogen (secondary N) is 3. The molecule has 0 aromatic heterocycles. The number of benzene rings is 2. The van der Waals surface area contributed by atoms with Gasteiger partial charge in [-0.25, -0.2) is 0 Å². The van der Waals surface area contributed by atoms with Crippen LogP contribution in [0.15, 0.2) is 36.4 Å². The number of hydrogen-bond donors (Lipinski definition) is 6. The quantitative estimate of drug-likeness (QED) is 0.0740. The highest BCUT2D eigenvalue weighted by molar-refractivity contribution is 5.96. The summed E-state index contributed by atoms with van der Waals surface area (Å²) in [5.41, 5.74) is 20.1. The van der Waals surface area contributed by atoms with Crippen LogP contribution in [0.5, 0.6) is 11.5 Å². The average molecular weight is 860 g/mol. The van der Waals surface area contributed by atoms with Crippen molar-refractivity contribution in [3.63, 3.8) is 0 Å². The number of nitriles is 1. The molecule has 5 atom stereocenters. The number of unbranched alkanes of at least 4 members (excludes halogenated alkanes) is 10. The zero-order valence-electron chi connectivity index (χ0n) is 36.9. The Morgan fingerprint density at radius 1 is 0.871 bits per heavy atom. The van der Waals surface area contributed by atoms with E-state index in [0.717, 1.165) is 19.3 Å². The summed E-state index contributed by atoms with van der Waals surface area (Å²) >= 11 is 0. The molecule has 1 unspecified atom stereocenters. The summed E-state index contributed by atoms with van der Waals surface area (Å²) in [6.45, 7) is 4.43. The molecule has 5 amide bonds. The Kier molecular flexibility index (Phi) is 20.4. The second kappa shape index (κ2) is 25.6. The number of carbonyl (C=O) groups is 5. The standard InChI is InChI=1S/C46H69N9O7/c1-4-5-6-7-8-9-10-11-12-13-14-15-41(56)55-30-34(50)29-38(55)46(60)54(3)42-33-17-19-40(62-25-22-49)36(28-33)35-26-32(16-18-39(35)61-24-21-48)27-37(44(58)51-23-20-47)53-43(57)31(2)52-45(42)59/h16-19,26,28,31,34,37-38,42H,4-15,21-25,27,29-30,48-50H2,1-3H3,(H,51,58)(H,52,59)(H,53,57)/t31-,34+,37-,38?,42-/m0/s1. The maximum absolute atomic E-state index is 14.6. The molecule has 1 fully saturated rings. The molecule has 0 spiro atoms. The van der Waals surface area contributed by atoms with Gasteiger partial charge >= 0.3 is 0 Å². The highest BCUT2D eigenvalue weighted by atomic mass is 16.5. The van der Waals surface area contributed by atoms with Gasteiger partial charge in [0.1, 0.15) is 55.4 Å². The van der Waals surface area contributed by atoms with E-state index in [1.54, 1.807) is 41.3 Å². The van der Waals surface area contributed by atoms with Gasteiger partial charge in [-0.2, -0.15) is 5.26 Å². The van der Waals surface area contributed by atoms with E-state index in [9.17, 15) is 24.0 Å². The van der Waals surface area contributed by atoms with Crippen LogP contribution in [0.3, 0.4) is 0 Å². The van der Waals surface area contributed by atoms with Crippen LogP contribution in [-0.2, 0) is 30.4 Å². The molecule has 62 heavy (non-hydrogen) atoms. The van der Waals surface area contributed by atoms with E-state index >= 15 is 0 Å². The molecule has 2 aromatic rings. The highest BCUT2D eigenvalue weighted by Gasteiger charge is 2.42. The van der Waals surface area contributed by atoms with Crippen molar-refractivity contribution in [1.82, 2.24) is 25.8 Å². The Morgan fingerprint density at radius 2 is 1.47 bits per heavy atom. The van der Waals surface area contributed by atoms with E-state index in [2.05, 4.69) is 22.9 Å². The Morgan fingerprint density at radius 3 is 2.08 bits per heavy atom. The number of likely N-dealkylation sites (tertiary alicyclic amines) is 1. The zero-order chi connectivity index (χ0) is 45.0. The third kappa shape index (κ3) is 14.1. The second-order valence-corrected chi connectivity index (χ2v) is 16.4. The van der Waals surface area contributed by atoms with Crippen LogP contribution < -0.4 is 42.6 Å². The number of likely N-dealkylation sites (N-methyl/N-ethyl adjacent to an activating group) is 1. The number of nitrogens with zero attached hydrogens (tertiary/aromatic N) is 3. The van der Waals surface area contributed by atoms with Crippen LogP contribution >= 0.6 is 0 Å². The van der Waals surface area contributed by atoms with Crippen molar-refractivity contribution in [3.8, 4) is 28.7 Å². The van der Waals surface area contributed by atoms with Gasteiger partial charge < -0.3 is 52.4 Å². The van der Waals surface area contributed by atoms with E-state index in [-0.39, 0.29) is 58.1 Å². The minimum Gasteiger partial charge on any atom is -0.492 e. The van der Waals surface area contributed by atoms with Crippen LogP contribution in [0, 0.1) is 11.3 Å². The van der Waals surface area contributed by atoms with E-state index in [1.165, 1.54) is 63.8 Å². The minimum absolute atomic E-state index is 0.0321. The SMILES string of the molecule is CCCCCCCCCCCCCC(=O)N1C[C@H](N)CC1C(=O)N(C)[C@@H]1C(=O)N[C@@H](C)C(=O)N[C@H](C(=O)NCC#N)Cc2ccc(OCCN)c(c2)-c2cc1ccc2OCCN. The molecule has 0 aliphatic carbocycles. The van der Waals surface area contributed by atoms with Gasteiger partial charge in [0.25, 0.3) is 0 Å². The van der Waals surface area contributed by atoms with Gasteiger partial charge in [0.2, 0.25) is 29.5 Å². The first-order valence-electron chi connectivity index (χ1n) is 22.4. The third-order valence-electron chi connectivity index (χ3n) is 11.5. The molecule has 2 aliphatic heterocycles. The number of fused-ring (bicyclic) bond motifs is 5. The molecule has 0 saturated carbocycles. The Labute approximate surface area is 367 Å². The van der Waals surface area contributed by atoms with Gasteiger partial charge in [0.05, 0.1) is 6.07 Å². The van der Waals surface area contributed by atoms with Crippen molar-refractivity contribution in [2.75, 3.05) is 46.4 Å². The maximum atomic E-state index is 14.6. The Hall–Kier alpha value is -5.24. The molecule has 4 rings (SSSR count). The van der Waals surface area contributed by atoms with Crippen molar-refractivity contribution in [3.05, 3.63) is 47.5 Å². The van der Waals surface area contributed by atoms with Crippen LogP contribution in [-0.4, -0.2) is 110 Å². The summed E-state index contributed by atoms with van der Waals surface area (Å²) in [4.78, 5) is 72.7. The van der Waals surface area contributed by atoms with Crippen LogP contribution in [0.1, 0.15) is 114 Å².